The van der Waals surface area contributed by atoms with Crippen molar-refractivity contribution in [2.45, 2.75) is 37.8 Å². The van der Waals surface area contributed by atoms with Crippen molar-refractivity contribution in [2.75, 3.05) is 19.5 Å². The average molecular weight is 504 g/mol. The topological polar surface area (TPSA) is 68.3 Å². The number of nitrogens with one attached hydrogen (secondary N) is 2. The molecule has 1 heterocycles. The summed E-state index contributed by atoms with van der Waals surface area (Å²) in [5, 5.41) is 7.34. The predicted octanol–water partition coefficient (Wildman–Crippen LogP) is 5.93. The summed E-state index contributed by atoms with van der Waals surface area (Å²) in [5.74, 6) is 1.40. The second-order valence-electron chi connectivity index (χ2n) is 7.38. The van der Waals surface area contributed by atoms with Crippen molar-refractivity contribution >= 4 is 58.8 Å². The molecular formula is C22H26Cl3FN4O2. The Balaban J connectivity index is 0.00000181. The lowest BCUT2D eigenvalue weighted by Crippen LogP contribution is -2.34. The van der Waals surface area contributed by atoms with Gasteiger partial charge in [0.15, 0.2) is 11.5 Å². The van der Waals surface area contributed by atoms with Crippen LogP contribution < -0.4 is 20.1 Å². The van der Waals surface area contributed by atoms with Crippen LogP contribution in [0.4, 0.5) is 15.9 Å². The molecule has 6 nitrogen and oxygen atoms in total. The predicted molar refractivity (Wildman–Crippen MR) is 131 cm³/mol. The molecule has 1 aliphatic rings. The first kappa shape index (κ1) is 26.2. The van der Waals surface area contributed by atoms with Crippen molar-refractivity contribution in [3.05, 3.63) is 47.5 Å². The van der Waals surface area contributed by atoms with Gasteiger partial charge in [0.05, 0.1) is 23.8 Å². The van der Waals surface area contributed by atoms with Crippen LogP contribution in [0.5, 0.6) is 11.5 Å². The first-order valence-corrected chi connectivity index (χ1v) is 10.3. The van der Waals surface area contributed by atoms with Crippen LogP contribution in [0.2, 0.25) is 5.02 Å². The maximum absolute atomic E-state index is 13.5. The molecule has 1 aromatic heterocycles. The monoisotopic (exact) mass is 502 g/mol. The Morgan fingerprint density at radius 3 is 2.44 bits per heavy atom. The standard InChI is InChI=1S/C22H24ClFN4O2.2ClH/c1-25-13-3-6-15(7-4-13)30-21-10-16-19(11-20(21)29-2)26-12-27-22(16)28-14-5-8-18(24)17(23)9-14;;/h5,8-13,15,25H,3-4,6-7H2,1-2H3,(H,26,27,28);2*1H/t13-,15-;;. The summed E-state index contributed by atoms with van der Waals surface area (Å²) in [6.07, 6.45) is 5.73. The smallest absolute Gasteiger partial charge is 0.162 e. The van der Waals surface area contributed by atoms with Crippen LogP contribution in [0, 0.1) is 5.82 Å². The Hall–Kier alpha value is -2.06. The number of fused-ring (bicyclic) bond motifs is 1. The molecule has 0 amide bonds. The zero-order valence-corrected chi connectivity index (χ0v) is 20.1. The molecule has 0 unspecified atom stereocenters. The van der Waals surface area contributed by atoms with Gasteiger partial charge in [-0.25, -0.2) is 14.4 Å². The van der Waals surface area contributed by atoms with Crippen LogP contribution in [0.1, 0.15) is 25.7 Å². The molecule has 1 fully saturated rings. The van der Waals surface area contributed by atoms with Crippen LogP contribution in [0.25, 0.3) is 10.9 Å². The highest BCUT2D eigenvalue weighted by atomic mass is 35.5. The van der Waals surface area contributed by atoms with Gasteiger partial charge in [0, 0.05) is 23.2 Å². The molecule has 0 saturated heterocycles. The van der Waals surface area contributed by atoms with E-state index in [1.807, 2.05) is 19.2 Å². The van der Waals surface area contributed by atoms with Gasteiger partial charge in [0.25, 0.3) is 0 Å². The number of anilines is 2. The van der Waals surface area contributed by atoms with E-state index in [9.17, 15) is 4.39 Å². The lowest BCUT2D eigenvalue weighted by molar-refractivity contribution is 0.137. The van der Waals surface area contributed by atoms with Gasteiger partial charge in [0.1, 0.15) is 18.0 Å². The number of benzene rings is 2. The Morgan fingerprint density at radius 2 is 1.78 bits per heavy atom. The van der Waals surface area contributed by atoms with Gasteiger partial charge >= 0.3 is 0 Å². The third-order valence-corrected chi connectivity index (χ3v) is 5.77. The minimum atomic E-state index is -0.469. The molecule has 1 saturated carbocycles. The Labute approximate surface area is 204 Å². The highest BCUT2D eigenvalue weighted by molar-refractivity contribution is 6.31. The van der Waals surface area contributed by atoms with E-state index in [1.165, 1.54) is 18.5 Å². The molecule has 0 atom stereocenters. The molecule has 3 aromatic rings. The van der Waals surface area contributed by atoms with E-state index in [-0.39, 0.29) is 35.9 Å². The fourth-order valence-corrected chi connectivity index (χ4v) is 3.96. The number of nitrogens with zero attached hydrogens (tertiary/aromatic N) is 2. The minimum Gasteiger partial charge on any atom is -0.493 e. The van der Waals surface area contributed by atoms with E-state index in [1.54, 1.807) is 13.2 Å². The normalized spacial score (nSPS) is 17.8. The van der Waals surface area contributed by atoms with Crippen LogP contribution in [0.15, 0.2) is 36.7 Å². The summed E-state index contributed by atoms with van der Waals surface area (Å²) in [6, 6.07) is 8.73. The zero-order chi connectivity index (χ0) is 21.1. The quantitative estimate of drug-likeness (QED) is 0.435. The molecule has 1 aliphatic carbocycles. The second-order valence-corrected chi connectivity index (χ2v) is 7.78. The van der Waals surface area contributed by atoms with Gasteiger partial charge in [-0.1, -0.05) is 11.6 Å². The number of ether oxygens (including phenoxy) is 2. The molecule has 0 radical (unpaired) electrons. The highest BCUT2D eigenvalue weighted by Gasteiger charge is 2.23. The molecule has 174 valence electrons. The summed E-state index contributed by atoms with van der Waals surface area (Å²) in [7, 11) is 3.62. The molecule has 2 N–H and O–H groups in total. The van der Waals surface area contributed by atoms with E-state index >= 15 is 0 Å². The van der Waals surface area contributed by atoms with Crippen molar-refractivity contribution in [3.63, 3.8) is 0 Å². The van der Waals surface area contributed by atoms with Crippen LogP contribution >= 0.6 is 36.4 Å². The summed E-state index contributed by atoms with van der Waals surface area (Å²) in [4.78, 5) is 8.71. The van der Waals surface area contributed by atoms with Crippen molar-refractivity contribution < 1.29 is 13.9 Å². The summed E-state index contributed by atoms with van der Waals surface area (Å²) >= 11 is 5.90. The van der Waals surface area contributed by atoms with Crippen molar-refractivity contribution in [3.8, 4) is 11.5 Å². The highest BCUT2D eigenvalue weighted by Crippen LogP contribution is 2.37. The van der Waals surface area contributed by atoms with Crippen molar-refractivity contribution in [2.24, 2.45) is 0 Å². The Bertz CT molecular complexity index is 1050. The molecule has 4 rings (SSSR count). The second kappa shape index (κ2) is 11.7. The fraction of sp³-hybridized carbons (Fsp3) is 0.364. The number of halogens is 4. The van der Waals surface area contributed by atoms with Crippen LogP contribution in [-0.4, -0.2) is 36.3 Å². The van der Waals surface area contributed by atoms with E-state index in [2.05, 4.69) is 20.6 Å². The third-order valence-electron chi connectivity index (χ3n) is 5.48. The van der Waals surface area contributed by atoms with Crippen molar-refractivity contribution in [1.29, 1.82) is 0 Å². The van der Waals surface area contributed by atoms with Crippen molar-refractivity contribution in [1.82, 2.24) is 15.3 Å². The number of rotatable bonds is 6. The zero-order valence-electron chi connectivity index (χ0n) is 17.7. The Kier molecular flexibility index (Phi) is 9.58. The maximum Gasteiger partial charge on any atom is 0.162 e. The van der Waals surface area contributed by atoms with Gasteiger partial charge in [0.2, 0.25) is 0 Å². The van der Waals surface area contributed by atoms with E-state index in [0.717, 1.165) is 31.1 Å². The molecule has 32 heavy (non-hydrogen) atoms. The van der Waals surface area contributed by atoms with E-state index in [0.29, 0.717) is 34.6 Å². The van der Waals surface area contributed by atoms with E-state index in [4.69, 9.17) is 21.1 Å². The summed E-state index contributed by atoms with van der Waals surface area (Å²) in [6.45, 7) is 0. The van der Waals surface area contributed by atoms with Gasteiger partial charge < -0.3 is 20.1 Å². The fourth-order valence-electron chi connectivity index (χ4n) is 3.77. The molecule has 0 aliphatic heterocycles. The van der Waals surface area contributed by atoms with Crippen LogP contribution in [0.3, 0.4) is 0 Å². The molecule has 10 heteroatoms. The average Bonchev–Trinajstić information content (AvgIpc) is 2.77. The number of methoxy groups -OCH3 is 1. The van der Waals surface area contributed by atoms with E-state index < -0.39 is 5.82 Å². The SMILES string of the molecule is CN[C@H]1CC[C@H](Oc2cc3c(Nc4ccc(F)c(Cl)c4)ncnc3cc2OC)CC1.Cl.Cl. The third kappa shape index (κ3) is 5.84. The number of aromatic nitrogens is 2. The summed E-state index contributed by atoms with van der Waals surface area (Å²) in [5.41, 5.74) is 1.34. The molecule has 0 bridgehead atoms. The largest absolute Gasteiger partial charge is 0.493 e. The summed E-state index contributed by atoms with van der Waals surface area (Å²) < 4.78 is 25.3. The number of hydrogen-bond acceptors (Lipinski definition) is 6. The molecular weight excluding hydrogens is 478 g/mol. The lowest BCUT2D eigenvalue weighted by atomic mass is 9.93. The molecule has 0 spiro atoms. The first-order valence-electron chi connectivity index (χ1n) is 9.96. The minimum absolute atomic E-state index is 0. The van der Waals surface area contributed by atoms with Gasteiger partial charge in [-0.3, -0.25) is 0 Å². The van der Waals surface area contributed by atoms with Gasteiger partial charge in [-0.15, -0.1) is 24.8 Å². The molecule has 2 aromatic carbocycles. The van der Waals surface area contributed by atoms with Gasteiger partial charge in [-0.05, 0) is 57.0 Å². The van der Waals surface area contributed by atoms with Gasteiger partial charge in [-0.2, -0.15) is 0 Å². The maximum atomic E-state index is 13.5. The lowest BCUT2D eigenvalue weighted by Gasteiger charge is -2.29. The Morgan fingerprint density at radius 1 is 1.03 bits per heavy atom. The van der Waals surface area contributed by atoms with Crippen LogP contribution in [-0.2, 0) is 0 Å². The number of hydrogen-bond donors (Lipinski definition) is 2. The first-order chi connectivity index (χ1) is 14.6.